The molecule has 0 saturated carbocycles. The average molecular weight is 226 g/mol. The zero-order valence-electron chi connectivity index (χ0n) is 8.10. The number of hydrazone groups is 1. The van der Waals surface area contributed by atoms with Crippen LogP contribution in [0.3, 0.4) is 0 Å². The van der Waals surface area contributed by atoms with E-state index in [9.17, 15) is 13.6 Å². The lowest BCUT2D eigenvalue weighted by Gasteiger charge is -2.09. The van der Waals surface area contributed by atoms with Crippen molar-refractivity contribution in [2.75, 3.05) is 10.7 Å². The number of nitrogens with zero attached hydrogens (tertiary/aromatic N) is 3. The summed E-state index contributed by atoms with van der Waals surface area (Å²) in [6.45, 7) is 0. The van der Waals surface area contributed by atoms with Crippen LogP contribution in [0.5, 0.6) is 0 Å². The summed E-state index contributed by atoms with van der Waals surface area (Å²) in [5.74, 6) is -0.331. The highest BCUT2D eigenvalue weighted by Crippen LogP contribution is 2.20. The molecule has 0 fully saturated rings. The molecule has 16 heavy (non-hydrogen) atoms. The molecule has 84 valence electrons. The summed E-state index contributed by atoms with van der Waals surface area (Å²) in [6.07, 6.45) is -1.76. The van der Waals surface area contributed by atoms with Crippen LogP contribution in [0.25, 0.3) is 0 Å². The molecule has 2 heterocycles. The smallest absolute Gasteiger partial charge is 0.278 e. The molecule has 0 aliphatic carbocycles. The lowest BCUT2D eigenvalue weighted by Crippen LogP contribution is -2.20. The summed E-state index contributed by atoms with van der Waals surface area (Å²) >= 11 is 0. The number of amides is 1. The highest BCUT2D eigenvalue weighted by Gasteiger charge is 2.30. The van der Waals surface area contributed by atoms with E-state index in [0.717, 1.165) is 5.01 Å². The Hall–Kier alpha value is -2.05. The number of alkyl halides is 2. The molecule has 1 amide bonds. The van der Waals surface area contributed by atoms with Gasteiger partial charge in [0.15, 0.2) is 5.82 Å². The second kappa shape index (κ2) is 3.84. The fraction of sp³-hybridized carbons (Fsp3) is 0.222. The molecule has 5 nitrogen and oxygen atoms in total. The SMILES string of the molecule is Nc1ccc(N2N=C(C(F)F)CC2=O)nc1. The lowest BCUT2D eigenvalue weighted by atomic mass is 10.3. The average Bonchev–Trinajstić information content (AvgIpc) is 2.62. The van der Waals surface area contributed by atoms with Gasteiger partial charge in [-0.05, 0) is 12.1 Å². The minimum atomic E-state index is -2.72. The van der Waals surface area contributed by atoms with Gasteiger partial charge < -0.3 is 5.73 Å². The first-order valence-corrected chi connectivity index (χ1v) is 4.48. The summed E-state index contributed by atoms with van der Waals surface area (Å²) in [5.41, 5.74) is 5.40. The van der Waals surface area contributed by atoms with Crippen LogP contribution >= 0.6 is 0 Å². The second-order valence-electron chi connectivity index (χ2n) is 3.22. The van der Waals surface area contributed by atoms with Crippen molar-refractivity contribution < 1.29 is 13.6 Å². The van der Waals surface area contributed by atoms with Crippen LogP contribution in [-0.2, 0) is 4.79 Å². The Bertz CT molecular complexity index is 443. The number of hydrogen-bond donors (Lipinski definition) is 1. The van der Waals surface area contributed by atoms with E-state index >= 15 is 0 Å². The van der Waals surface area contributed by atoms with E-state index in [1.807, 2.05) is 0 Å². The molecule has 0 radical (unpaired) electrons. The number of anilines is 2. The van der Waals surface area contributed by atoms with Gasteiger partial charge in [0.2, 0.25) is 0 Å². The maximum absolute atomic E-state index is 12.3. The van der Waals surface area contributed by atoms with Gasteiger partial charge >= 0.3 is 0 Å². The normalized spacial score (nSPS) is 15.8. The monoisotopic (exact) mass is 226 g/mol. The Morgan fingerprint density at radius 2 is 2.19 bits per heavy atom. The van der Waals surface area contributed by atoms with Gasteiger partial charge in [0, 0.05) is 0 Å². The fourth-order valence-corrected chi connectivity index (χ4v) is 1.27. The number of aromatic nitrogens is 1. The topological polar surface area (TPSA) is 71.6 Å². The largest absolute Gasteiger partial charge is 0.397 e. The fourth-order valence-electron chi connectivity index (χ4n) is 1.27. The molecule has 1 aliphatic rings. The van der Waals surface area contributed by atoms with Crippen molar-refractivity contribution in [3.8, 4) is 0 Å². The Kier molecular flexibility index (Phi) is 2.51. The van der Waals surface area contributed by atoms with Crippen LogP contribution in [-0.4, -0.2) is 23.0 Å². The molecule has 0 saturated heterocycles. The van der Waals surface area contributed by atoms with E-state index in [-0.39, 0.29) is 12.2 Å². The van der Waals surface area contributed by atoms with Gasteiger partial charge in [0.1, 0.15) is 5.71 Å². The predicted octanol–water partition coefficient (Wildman–Crippen LogP) is 1.02. The molecule has 0 aromatic carbocycles. The van der Waals surface area contributed by atoms with Crippen LogP contribution in [0.4, 0.5) is 20.3 Å². The summed E-state index contributed by atoms with van der Waals surface area (Å²) in [4.78, 5) is 15.2. The van der Waals surface area contributed by atoms with Crippen molar-refractivity contribution in [3.05, 3.63) is 18.3 Å². The first-order chi connectivity index (χ1) is 7.58. The van der Waals surface area contributed by atoms with Gasteiger partial charge in [0.25, 0.3) is 12.3 Å². The molecule has 1 aliphatic heterocycles. The van der Waals surface area contributed by atoms with Crippen molar-refractivity contribution >= 4 is 23.1 Å². The summed E-state index contributed by atoms with van der Waals surface area (Å²) in [5, 5.41) is 4.38. The van der Waals surface area contributed by atoms with E-state index in [0.29, 0.717) is 5.69 Å². The molecule has 2 N–H and O–H groups in total. The molecule has 0 atom stereocenters. The zero-order chi connectivity index (χ0) is 11.7. The third-order valence-corrected chi connectivity index (χ3v) is 2.04. The molecule has 0 spiro atoms. The number of carbonyl (C=O) groups is 1. The Labute approximate surface area is 89.6 Å². The van der Waals surface area contributed by atoms with E-state index in [4.69, 9.17) is 5.73 Å². The molecule has 1 aromatic heterocycles. The number of pyridine rings is 1. The van der Waals surface area contributed by atoms with Crippen molar-refractivity contribution in [1.29, 1.82) is 0 Å². The Morgan fingerprint density at radius 3 is 2.69 bits per heavy atom. The van der Waals surface area contributed by atoms with Gasteiger partial charge in [0.05, 0.1) is 18.3 Å². The summed E-state index contributed by atoms with van der Waals surface area (Å²) in [6, 6.07) is 2.97. The van der Waals surface area contributed by atoms with Crippen LogP contribution < -0.4 is 10.7 Å². The third-order valence-electron chi connectivity index (χ3n) is 2.04. The number of halogens is 2. The van der Waals surface area contributed by atoms with Crippen molar-refractivity contribution in [3.63, 3.8) is 0 Å². The van der Waals surface area contributed by atoms with Crippen LogP contribution in [0.1, 0.15) is 6.42 Å². The maximum Gasteiger partial charge on any atom is 0.278 e. The Morgan fingerprint density at radius 1 is 1.44 bits per heavy atom. The van der Waals surface area contributed by atoms with Crippen molar-refractivity contribution in [2.45, 2.75) is 12.8 Å². The summed E-state index contributed by atoms with van der Waals surface area (Å²) in [7, 11) is 0. The first-order valence-electron chi connectivity index (χ1n) is 4.48. The molecule has 0 unspecified atom stereocenters. The van der Waals surface area contributed by atoms with Crippen molar-refractivity contribution in [2.24, 2.45) is 5.10 Å². The highest BCUT2D eigenvalue weighted by molar-refractivity contribution is 6.13. The van der Waals surface area contributed by atoms with Crippen molar-refractivity contribution in [1.82, 2.24) is 4.98 Å². The van der Waals surface area contributed by atoms with Gasteiger partial charge in [-0.25, -0.2) is 13.8 Å². The number of carbonyl (C=O) groups excluding carboxylic acids is 1. The number of nitrogen functional groups attached to an aromatic ring is 1. The van der Waals surface area contributed by atoms with Crippen LogP contribution in [0, 0.1) is 0 Å². The predicted molar refractivity (Wildman–Crippen MR) is 54.2 cm³/mol. The minimum Gasteiger partial charge on any atom is -0.397 e. The quantitative estimate of drug-likeness (QED) is 0.818. The maximum atomic E-state index is 12.3. The molecule has 7 heteroatoms. The number of nitrogens with two attached hydrogens (primary N) is 1. The van der Waals surface area contributed by atoms with E-state index in [1.54, 1.807) is 0 Å². The minimum absolute atomic E-state index is 0.190. The van der Waals surface area contributed by atoms with Crippen LogP contribution in [0.2, 0.25) is 0 Å². The van der Waals surface area contributed by atoms with E-state index < -0.39 is 18.0 Å². The number of hydrogen-bond acceptors (Lipinski definition) is 4. The Balaban J connectivity index is 2.28. The van der Waals surface area contributed by atoms with Gasteiger partial charge in [-0.15, -0.1) is 0 Å². The molecule has 2 rings (SSSR count). The van der Waals surface area contributed by atoms with Gasteiger partial charge in [-0.3, -0.25) is 4.79 Å². The third kappa shape index (κ3) is 1.83. The standard InChI is InChI=1S/C9H8F2N4O/c10-9(11)6-3-8(16)15(14-6)7-2-1-5(12)4-13-7/h1-2,4,9H,3,12H2. The first kappa shape index (κ1) is 10.5. The molecule has 0 bridgehead atoms. The lowest BCUT2D eigenvalue weighted by molar-refractivity contribution is -0.117. The van der Waals surface area contributed by atoms with Gasteiger partial charge in [-0.1, -0.05) is 0 Å². The van der Waals surface area contributed by atoms with Gasteiger partial charge in [-0.2, -0.15) is 10.1 Å². The highest BCUT2D eigenvalue weighted by atomic mass is 19.3. The molecular weight excluding hydrogens is 218 g/mol. The second-order valence-corrected chi connectivity index (χ2v) is 3.22. The van der Waals surface area contributed by atoms with Crippen LogP contribution in [0.15, 0.2) is 23.4 Å². The number of rotatable bonds is 2. The van der Waals surface area contributed by atoms with E-state index in [2.05, 4.69) is 10.1 Å². The zero-order valence-corrected chi connectivity index (χ0v) is 8.10. The molecule has 1 aromatic rings. The molecular formula is C9H8F2N4O. The summed E-state index contributed by atoms with van der Waals surface area (Å²) < 4.78 is 24.6. The van der Waals surface area contributed by atoms with E-state index in [1.165, 1.54) is 18.3 Å².